The van der Waals surface area contributed by atoms with E-state index in [-0.39, 0.29) is 34.2 Å². The van der Waals surface area contributed by atoms with Gasteiger partial charge in [-0.1, -0.05) is 49.7 Å². The van der Waals surface area contributed by atoms with Crippen molar-refractivity contribution in [3.63, 3.8) is 0 Å². The third-order valence-electron chi connectivity index (χ3n) is 7.30. The highest BCUT2D eigenvalue weighted by atomic mass is 35.5. The van der Waals surface area contributed by atoms with Crippen molar-refractivity contribution in [2.24, 2.45) is 0 Å². The molecule has 1 N–H and O–H groups in total. The zero-order valence-electron chi connectivity index (χ0n) is 23.8. The van der Waals surface area contributed by atoms with Gasteiger partial charge in [-0.3, -0.25) is 4.79 Å². The molecule has 0 saturated carbocycles. The van der Waals surface area contributed by atoms with Gasteiger partial charge in [-0.2, -0.15) is 4.98 Å². The summed E-state index contributed by atoms with van der Waals surface area (Å²) in [6.07, 6.45) is 0.634. The Labute approximate surface area is 244 Å². The van der Waals surface area contributed by atoms with E-state index < -0.39 is 27.8 Å². The number of rotatable bonds is 12. The van der Waals surface area contributed by atoms with Gasteiger partial charge in [0.05, 0.1) is 11.6 Å². The number of ether oxygens (including phenoxy) is 1. The first kappa shape index (κ1) is 30.7. The summed E-state index contributed by atoms with van der Waals surface area (Å²) in [5, 5.41) is 8.22. The number of aromatic nitrogens is 3. The minimum atomic E-state index is -1.86. The Morgan fingerprint density at radius 3 is 2.61 bits per heavy atom. The van der Waals surface area contributed by atoms with Gasteiger partial charge in [0.2, 0.25) is 11.7 Å². The van der Waals surface area contributed by atoms with Crippen LogP contribution < -0.4 is 10.1 Å². The molecule has 0 bridgehead atoms. The van der Waals surface area contributed by atoms with E-state index in [1.807, 2.05) is 35.0 Å². The van der Waals surface area contributed by atoms with Crippen molar-refractivity contribution in [1.29, 1.82) is 0 Å². The Bertz CT molecular complexity index is 1500. The van der Waals surface area contributed by atoms with Gasteiger partial charge in [-0.15, -0.1) is 0 Å². The Kier molecular flexibility index (Phi) is 9.50. The van der Waals surface area contributed by atoms with Crippen LogP contribution in [0.4, 0.5) is 8.78 Å². The van der Waals surface area contributed by atoms with Crippen LogP contribution in [0.3, 0.4) is 0 Å². The number of hydrogen-bond acceptors (Lipinski definition) is 6. The SMILES string of the molecule is CC(C)(C)[Si](C)(C)OCCNC(=O)Cn1ccc2c(-c3noc(-c4ccc(OC(CF)CF)c(Cl)c4)n3)cccc21. The summed E-state index contributed by atoms with van der Waals surface area (Å²) >= 11 is 6.26. The van der Waals surface area contributed by atoms with Gasteiger partial charge >= 0.3 is 0 Å². The average Bonchev–Trinajstić information content (AvgIpc) is 3.58. The van der Waals surface area contributed by atoms with Gasteiger partial charge in [0.15, 0.2) is 14.4 Å². The molecule has 0 aliphatic rings. The predicted molar refractivity (Wildman–Crippen MR) is 158 cm³/mol. The third kappa shape index (κ3) is 7.14. The lowest BCUT2D eigenvalue weighted by molar-refractivity contribution is -0.121. The van der Waals surface area contributed by atoms with Crippen LogP contribution in [0.15, 0.2) is 53.2 Å². The maximum atomic E-state index is 12.8. The molecular formula is C29H35ClF2N4O4Si. The number of nitrogens with zero attached hydrogens (tertiary/aromatic N) is 3. The summed E-state index contributed by atoms with van der Waals surface area (Å²) in [7, 11) is -1.86. The molecular weight excluding hydrogens is 570 g/mol. The molecule has 0 spiro atoms. The molecule has 4 aromatic rings. The molecule has 41 heavy (non-hydrogen) atoms. The topological polar surface area (TPSA) is 91.4 Å². The Morgan fingerprint density at radius 2 is 1.93 bits per heavy atom. The summed E-state index contributed by atoms with van der Waals surface area (Å²) in [6.45, 7) is 10.1. The summed E-state index contributed by atoms with van der Waals surface area (Å²) < 4.78 is 44.4. The van der Waals surface area contributed by atoms with Crippen LogP contribution in [0.2, 0.25) is 23.2 Å². The first-order valence-corrected chi connectivity index (χ1v) is 16.6. The third-order valence-corrected chi connectivity index (χ3v) is 12.1. The zero-order chi connectivity index (χ0) is 29.8. The van der Waals surface area contributed by atoms with E-state index in [0.717, 1.165) is 16.5 Å². The second kappa shape index (κ2) is 12.7. The van der Waals surface area contributed by atoms with Crippen molar-refractivity contribution in [1.82, 2.24) is 20.0 Å². The van der Waals surface area contributed by atoms with E-state index in [1.54, 1.807) is 6.07 Å². The Balaban J connectivity index is 1.44. The molecule has 4 rings (SSSR count). The number of alkyl halides is 2. The van der Waals surface area contributed by atoms with Crippen LogP contribution in [-0.4, -0.2) is 61.5 Å². The van der Waals surface area contributed by atoms with Crippen LogP contribution in [0.5, 0.6) is 5.75 Å². The van der Waals surface area contributed by atoms with E-state index in [4.69, 9.17) is 25.3 Å². The Morgan fingerprint density at radius 1 is 1.17 bits per heavy atom. The van der Waals surface area contributed by atoms with Gasteiger partial charge in [-0.25, -0.2) is 8.78 Å². The lowest BCUT2D eigenvalue weighted by atomic mass is 10.1. The number of carbonyl (C=O) groups excluding carboxylic acids is 1. The highest BCUT2D eigenvalue weighted by molar-refractivity contribution is 6.74. The molecule has 2 heterocycles. The maximum Gasteiger partial charge on any atom is 0.258 e. The van der Waals surface area contributed by atoms with Crippen LogP contribution in [0.25, 0.3) is 33.7 Å². The first-order valence-electron chi connectivity index (χ1n) is 13.3. The van der Waals surface area contributed by atoms with Crippen LogP contribution in [0.1, 0.15) is 20.8 Å². The number of benzene rings is 2. The largest absolute Gasteiger partial charge is 0.483 e. The summed E-state index contributed by atoms with van der Waals surface area (Å²) in [6, 6.07) is 12.2. The standard InChI is InChI=1S/C29H35ClF2N4O4Si/c1-29(2,3)41(4,5)38-14-12-33-26(37)18-36-13-11-21-22(7-6-8-24(21)36)27-34-28(40-35-27)19-9-10-25(23(30)15-19)39-20(16-31)17-32/h6-11,13,15,20H,12,14,16-18H2,1-5H3,(H,33,37). The first-order chi connectivity index (χ1) is 19.4. The van der Waals surface area contributed by atoms with E-state index in [2.05, 4.69) is 49.3 Å². The normalized spacial score (nSPS) is 12.3. The van der Waals surface area contributed by atoms with Crippen molar-refractivity contribution < 1.29 is 27.3 Å². The van der Waals surface area contributed by atoms with E-state index in [0.29, 0.717) is 24.5 Å². The lowest BCUT2D eigenvalue weighted by Gasteiger charge is -2.36. The highest BCUT2D eigenvalue weighted by Crippen LogP contribution is 2.36. The van der Waals surface area contributed by atoms with E-state index >= 15 is 0 Å². The second-order valence-electron chi connectivity index (χ2n) is 11.3. The lowest BCUT2D eigenvalue weighted by Crippen LogP contribution is -2.43. The molecule has 0 unspecified atom stereocenters. The summed E-state index contributed by atoms with van der Waals surface area (Å²) in [5.41, 5.74) is 2.11. The van der Waals surface area contributed by atoms with Crippen molar-refractivity contribution in [2.75, 3.05) is 26.5 Å². The van der Waals surface area contributed by atoms with Crippen molar-refractivity contribution >= 4 is 36.7 Å². The van der Waals surface area contributed by atoms with Gasteiger partial charge in [0.1, 0.15) is 25.6 Å². The number of amides is 1. The van der Waals surface area contributed by atoms with Crippen molar-refractivity contribution in [2.45, 2.75) is 51.6 Å². The number of carbonyl (C=O) groups is 1. The van der Waals surface area contributed by atoms with Crippen LogP contribution in [-0.2, 0) is 15.8 Å². The molecule has 0 atom stereocenters. The Hall–Kier alpha value is -3.28. The molecule has 1 amide bonds. The van der Waals surface area contributed by atoms with Gasteiger partial charge in [0, 0.05) is 34.8 Å². The van der Waals surface area contributed by atoms with Gasteiger partial charge in [-0.05, 0) is 48.5 Å². The molecule has 2 aromatic heterocycles. The highest BCUT2D eigenvalue weighted by Gasteiger charge is 2.36. The number of halogens is 3. The molecule has 0 aliphatic carbocycles. The molecule has 12 heteroatoms. The summed E-state index contributed by atoms with van der Waals surface area (Å²) in [5.74, 6) is 0.634. The fourth-order valence-electron chi connectivity index (χ4n) is 3.94. The fraction of sp³-hybridized carbons (Fsp3) is 0.414. The quantitative estimate of drug-likeness (QED) is 0.141. The molecule has 0 radical (unpaired) electrons. The molecule has 0 aliphatic heterocycles. The summed E-state index contributed by atoms with van der Waals surface area (Å²) in [4.78, 5) is 17.2. The van der Waals surface area contributed by atoms with E-state index in [1.165, 1.54) is 12.1 Å². The number of nitrogens with one attached hydrogen (secondary N) is 1. The molecule has 0 fully saturated rings. The average molecular weight is 605 g/mol. The zero-order valence-corrected chi connectivity index (χ0v) is 25.6. The van der Waals surface area contributed by atoms with Gasteiger partial charge < -0.3 is 23.6 Å². The maximum absolute atomic E-state index is 12.8. The van der Waals surface area contributed by atoms with Crippen LogP contribution >= 0.6 is 11.6 Å². The fourth-order valence-corrected chi connectivity index (χ4v) is 5.21. The smallest absolute Gasteiger partial charge is 0.258 e. The van der Waals surface area contributed by atoms with Crippen molar-refractivity contribution in [3.05, 3.63) is 53.7 Å². The molecule has 0 saturated heterocycles. The molecule has 220 valence electrons. The second-order valence-corrected chi connectivity index (χ2v) is 16.5. The number of fused-ring (bicyclic) bond motifs is 1. The minimum Gasteiger partial charge on any atom is -0.483 e. The predicted octanol–water partition coefficient (Wildman–Crippen LogP) is 6.84. The van der Waals surface area contributed by atoms with Gasteiger partial charge in [0.25, 0.3) is 5.89 Å². The molecule has 8 nitrogen and oxygen atoms in total. The number of hydrogen-bond donors (Lipinski definition) is 1. The van der Waals surface area contributed by atoms with Crippen LogP contribution in [0, 0.1) is 0 Å². The van der Waals surface area contributed by atoms with E-state index in [9.17, 15) is 13.6 Å². The molecule has 2 aromatic carbocycles. The minimum absolute atomic E-state index is 0.109. The van der Waals surface area contributed by atoms with Crippen molar-refractivity contribution in [3.8, 4) is 28.6 Å². The monoisotopic (exact) mass is 604 g/mol.